The molecule has 27 heavy (non-hydrogen) atoms. The number of hydrogen-bond donors (Lipinski definition) is 2. The number of para-hydroxylation sites is 1. The lowest BCUT2D eigenvalue weighted by Gasteiger charge is -2.34. The number of rotatable bonds is 4. The van der Waals surface area contributed by atoms with E-state index in [1.54, 1.807) is 11.1 Å². The van der Waals surface area contributed by atoms with Crippen LogP contribution < -0.4 is 5.32 Å². The molecular weight excluding hydrogens is 344 g/mol. The van der Waals surface area contributed by atoms with Gasteiger partial charge in [0, 0.05) is 13.1 Å². The van der Waals surface area contributed by atoms with Crippen LogP contribution in [-0.2, 0) is 11.2 Å². The number of likely N-dealkylation sites (tertiary alicyclic amines) is 1. The summed E-state index contributed by atoms with van der Waals surface area (Å²) in [5.74, 6) is -1.20. The summed E-state index contributed by atoms with van der Waals surface area (Å²) in [6.45, 7) is 6.81. The Bertz CT molecular complexity index is 846. The van der Waals surface area contributed by atoms with Crippen LogP contribution in [0.2, 0.25) is 0 Å². The minimum Gasteiger partial charge on any atom is -0.481 e. The number of carbonyl (C=O) groups is 2. The highest BCUT2D eigenvalue weighted by Gasteiger charge is 2.32. The molecule has 0 bridgehead atoms. The van der Waals surface area contributed by atoms with E-state index in [0.29, 0.717) is 25.1 Å². The van der Waals surface area contributed by atoms with Gasteiger partial charge in [0.05, 0.1) is 29.2 Å². The Morgan fingerprint density at radius 1 is 1.30 bits per heavy atom. The van der Waals surface area contributed by atoms with Crippen LogP contribution in [0.4, 0.5) is 10.5 Å². The van der Waals surface area contributed by atoms with E-state index in [-0.39, 0.29) is 18.5 Å². The van der Waals surface area contributed by atoms with E-state index < -0.39 is 11.9 Å². The number of benzene rings is 1. The van der Waals surface area contributed by atoms with Crippen molar-refractivity contribution < 1.29 is 14.7 Å². The summed E-state index contributed by atoms with van der Waals surface area (Å²) in [6.07, 6.45) is 2.97. The first-order valence-electron chi connectivity index (χ1n) is 9.32. The quantitative estimate of drug-likeness (QED) is 0.864. The third kappa shape index (κ3) is 3.97. The number of aromatic nitrogens is 2. The molecule has 7 nitrogen and oxygen atoms in total. The highest BCUT2D eigenvalue weighted by atomic mass is 16.4. The van der Waals surface area contributed by atoms with Gasteiger partial charge in [0.15, 0.2) is 0 Å². The minimum absolute atomic E-state index is 0.158. The maximum Gasteiger partial charge on any atom is 0.321 e. The van der Waals surface area contributed by atoms with E-state index in [0.717, 1.165) is 16.9 Å². The smallest absolute Gasteiger partial charge is 0.321 e. The van der Waals surface area contributed by atoms with Crippen molar-refractivity contribution in [3.63, 3.8) is 0 Å². The van der Waals surface area contributed by atoms with E-state index in [9.17, 15) is 14.7 Å². The Labute approximate surface area is 159 Å². The zero-order valence-corrected chi connectivity index (χ0v) is 16.0. The average Bonchev–Trinajstić information content (AvgIpc) is 3.03. The molecule has 2 heterocycles. The van der Waals surface area contributed by atoms with Crippen molar-refractivity contribution in [1.29, 1.82) is 0 Å². The van der Waals surface area contributed by atoms with Crippen LogP contribution in [0.3, 0.4) is 0 Å². The molecule has 144 valence electrons. The molecule has 2 N–H and O–H groups in total. The summed E-state index contributed by atoms with van der Waals surface area (Å²) < 4.78 is 1.85. The molecule has 2 atom stereocenters. The highest BCUT2D eigenvalue weighted by molar-refractivity contribution is 5.90. The van der Waals surface area contributed by atoms with Gasteiger partial charge >= 0.3 is 12.0 Å². The first kappa shape index (κ1) is 18.9. The Morgan fingerprint density at radius 2 is 2.04 bits per heavy atom. The maximum absolute atomic E-state index is 12.7. The van der Waals surface area contributed by atoms with Crippen molar-refractivity contribution in [1.82, 2.24) is 14.7 Å². The van der Waals surface area contributed by atoms with Gasteiger partial charge in [-0.2, -0.15) is 5.10 Å². The lowest BCUT2D eigenvalue weighted by molar-refractivity contribution is -0.143. The molecule has 2 amide bonds. The number of hydrogen-bond acceptors (Lipinski definition) is 3. The number of carboxylic acid groups (broad SMARTS) is 1. The summed E-state index contributed by atoms with van der Waals surface area (Å²) in [7, 11) is 0. The molecule has 1 fully saturated rings. The Morgan fingerprint density at radius 3 is 2.70 bits per heavy atom. The molecule has 1 aromatic carbocycles. The monoisotopic (exact) mass is 370 g/mol. The predicted molar refractivity (Wildman–Crippen MR) is 103 cm³/mol. The lowest BCUT2D eigenvalue weighted by atomic mass is 9.91. The van der Waals surface area contributed by atoms with Crippen LogP contribution in [0.1, 0.15) is 31.5 Å². The molecule has 0 saturated carbocycles. The molecular formula is C20H26N4O3. The number of carboxylic acids is 1. The number of anilines is 1. The fourth-order valence-corrected chi connectivity index (χ4v) is 3.72. The minimum atomic E-state index is -0.846. The number of piperidine rings is 1. The van der Waals surface area contributed by atoms with Crippen LogP contribution in [0.5, 0.6) is 0 Å². The zero-order chi connectivity index (χ0) is 19.6. The van der Waals surface area contributed by atoms with Gasteiger partial charge in [0.25, 0.3) is 0 Å². The van der Waals surface area contributed by atoms with Crippen LogP contribution in [0.15, 0.2) is 30.5 Å². The standard InChI is InChI=1S/C20H26N4O3/c1-4-17-16(10-21-24(17)18-8-6-5-7-14(18)3)22-20(27)23-11-13(2)9-15(12-23)19(25)26/h5-8,10,13,15H,4,9,11-12H2,1-3H3,(H,22,27)(H,25,26). The summed E-state index contributed by atoms with van der Waals surface area (Å²) >= 11 is 0. The molecule has 1 saturated heterocycles. The molecule has 0 radical (unpaired) electrons. The van der Waals surface area contributed by atoms with E-state index in [1.807, 2.05) is 49.7 Å². The van der Waals surface area contributed by atoms with Crippen molar-refractivity contribution in [3.05, 3.63) is 41.7 Å². The Balaban J connectivity index is 1.81. The summed E-state index contributed by atoms with van der Waals surface area (Å²) in [5, 5.41) is 16.7. The number of aliphatic carboxylic acids is 1. The van der Waals surface area contributed by atoms with Crippen LogP contribution in [-0.4, -0.2) is 44.9 Å². The van der Waals surface area contributed by atoms with Gasteiger partial charge in [0.1, 0.15) is 0 Å². The zero-order valence-electron chi connectivity index (χ0n) is 16.0. The first-order valence-corrected chi connectivity index (χ1v) is 9.32. The SMILES string of the molecule is CCc1c(NC(=O)N2CC(C)CC(C(=O)O)C2)cnn1-c1ccccc1C. The molecule has 0 spiro atoms. The van der Waals surface area contributed by atoms with Gasteiger partial charge in [-0.15, -0.1) is 0 Å². The van der Waals surface area contributed by atoms with E-state index in [4.69, 9.17) is 0 Å². The second kappa shape index (κ2) is 7.82. The third-order valence-corrected chi connectivity index (χ3v) is 5.09. The van der Waals surface area contributed by atoms with Gasteiger partial charge in [-0.05, 0) is 37.3 Å². The molecule has 7 heteroatoms. The van der Waals surface area contributed by atoms with Crippen molar-refractivity contribution in [3.8, 4) is 5.69 Å². The highest BCUT2D eigenvalue weighted by Crippen LogP contribution is 2.25. The summed E-state index contributed by atoms with van der Waals surface area (Å²) in [4.78, 5) is 25.7. The largest absolute Gasteiger partial charge is 0.481 e. The van der Waals surface area contributed by atoms with E-state index >= 15 is 0 Å². The molecule has 2 unspecified atom stereocenters. The fraction of sp³-hybridized carbons (Fsp3) is 0.450. The Kier molecular flexibility index (Phi) is 5.48. The van der Waals surface area contributed by atoms with Crippen LogP contribution >= 0.6 is 0 Å². The van der Waals surface area contributed by atoms with Crippen molar-refractivity contribution >= 4 is 17.7 Å². The number of urea groups is 1. The summed E-state index contributed by atoms with van der Waals surface area (Å²) in [5.41, 5.74) is 3.66. The first-order chi connectivity index (χ1) is 12.9. The third-order valence-electron chi connectivity index (χ3n) is 5.09. The lowest BCUT2D eigenvalue weighted by Crippen LogP contribution is -2.47. The van der Waals surface area contributed by atoms with Crippen molar-refractivity contribution in [2.24, 2.45) is 11.8 Å². The molecule has 1 aliphatic heterocycles. The molecule has 1 aromatic heterocycles. The van der Waals surface area contributed by atoms with Crippen LogP contribution in [0, 0.1) is 18.8 Å². The number of aryl methyl sites for hydroxylation is 1. The normalized spacial score (nSPS) is 19.7. The van der Waals surface area contributed by atoms with Gasteiger partial charge in [-0.3, -0.25) is 4.79 Å². The van der Waals surface area contributed by atoms with Gasteiger partial charge < -0.3 is 15.3 Å². The maximum atomic E-state index is 12.7. The van der Waals surface area contributed by atoms with Gasteiger partial charge in [-0.1, -0.05) is 32.0 Å². The second-order valence-corrected chi connectivity index (χ2v) is 7.27. The number of carbonyl (C=O) groups excluding carboxylic acids is 1. The Hall–Kier alpha value is -2.83. The van der Waals surface area contributed by atoms with Gasteiger partial charge in [0.2, 0.25) is 0 Å². The second-order valence-electron chi connectivity index (χ2n) is 7.27. The topological polar surface area (TPSA) is 87.5 Å². The number of amides is 2. The van der Waals surface area contributed by atoms with E-state index in [1.165, 1.54) is 0 Å². The molecule has 2 aromatic rings. The van der Waals surface area contributed by atoms with Crippen LogP contribution in [0.25, 0.3) is 5.69 Å². The number of nitrogens with zero attached hydrogens (tertiary/aromatic N) is 3. The fourth-order valence-electron chi connectivity index (χ4n) is 3.72. The summed E-state index contributed by atoms with van der Waals surface area (Å²) in [6, 6.07) is 7.69. The molecule has 0 aliphatic carbocycles. The predicted octanol–water partition coefficient (Wildman–Crippen LogP) is 3.32. The molecule has 3 rings (SSSR count). The average molecular weight is 370 g/mol. The van der Waals surface area contributed by atoms with E-state index in [2.05, 4.69) is 10.4 Å². The number of nitrogens with one attached hydrogen (secondary N) is 1. The van der Waals surface area contributed by atoms with Crippen molar-refractivity contribution in [2.45, 2.75) is 33.6 Å². The molecule has 1 aliphatic rings. The van der Waals surface area contributed by atoms with Crippen molar-refractivity contribution in [2.75, 3.05) is 18.4 Å². The van der Waals surface area contributed by atoms with Gasteiger partial charge in [-0.25, -0.2) is 9.48 Å².